The van der Waals surface area contributed by atoms with Gasteiger partial charge in [0.15, 0.2) is 0 Å². The first-order chi connectivity index (χ1) is 10.9. The molecule has 0 unspecified atom stereocenters. The highest BCUT2D eigenvalue weighted by Gasteiger charge is 2.11. The molecule has 0 radical (unpaired) electrons. The van der Waals surface area contributed by atoms with Crippen LogP contribution in [0.15, 0.2) is 36.4 Å². The molecule has 0 saturated heterocycles. The maximum absolute atomic E-state index is 10.8. The van der Waals surface area contributed by atoms with Gasteiger partial charge in [-0.25, -0.2) is 0 Å². The van der Waals surface area contributed by atoms with Crippen molar-refractivity contribution in [2.75, 3.05) is 24.3 Å². The van der Waals surface area contributed by atoms with Crippen LogP contribution in [0.5, 0.6) is 0 Å². The van der Waals surface area contributed by atoms with Gasteiger partial charge in [-0.15, -0.1) is 0 Å². The van der Waals surface area contributed by atoms with Gasteiger partial charge >= 0.3 is 0 Å². The number of non-ortho nitro benzene ring substituents is 1. The van der Waals surface area contributed by atoms with Gasteiger partial charge in [0.25, 0.3) is 5.69 Å². The number of nitro benzene ring substituents is 1. The fourth-order valence-electron chi connectivity index (χ4n) is 2.24. The van der Waals surface area contributed by atoms with E-state index in [2.05, 4.69) is 11.4 Å². The number of hydrogen-bond donors (Lipinski definition) is 1. The zero-order valence-corrected chi connectivity index (χ0v) is 13.3. The third-order valence-electron chi connectivity index (χ3n) is 3.65. The minimum absolute atomic E-state index is 0.0846. The lowest BCUT2D eigenvalue weighted by Gasteiger charge is -2.16. The molecule has 6 heteroatoms. The van der Waals surface area contributed by atoms with Crippen molar-refractivity contribution < 1.29 is 4.92 Å². The van der Waals surface area contributed by atoms with E-state index in [1.54, 1.807) is 6.07 Å². The molecule has 2 aromatic carbocycles. The quantitative estimate of drug-likeness (QED) is 0.675. The SMILES string of the molecule is Cc1cc(N(C)C)ccc1CNc1ccc([N+](=O)[O-])cc1C#N. The molecule has 2 rings (SSSR count). The van der Waals surface area contributed by atoms with E-state index in [1.807, 2.05) is 44.1 Å². The summed E-state index contributed by atoms with van der Waals surface area (Å²) in [6.07, 6.45) is 0. The Labute approximate surface area is 135 Å². The van der Waals surface area contributed by atoms with Crippen LogP contribution in [0.2, 0.25) is 0 Å². The zero-order chi connectivity index (χ0) is 17.0. The lowest BCUT2D eigenvalue weighted by molar-refractivity contribution is -0.384. The summed E-state index contributed by atoms with van der Waals surface area (Å²) in [5.41, 5.74) is 4.15. The third-order valence-corrected chi connectivity index (χ3v) is 3.65. The molecular formula is C17H18N4O2. The van der Waals surface area contributed by atoms with Crippen LogP contribution in [0.3, 0.4) is 0 Å². The van der Waals surface area contributed by atoms with E-state index in [0.29, 0.717) is 12.2 Å². The molecule has 23 heavy (non-hydrogen) atoms. The molecule has 0 amide bonds. The average molecular weight is 310 g/mol. The van der Waals surface area contributed by atoms with Crippen LogP contribution < -0.4 is 10.2 Å². The van der Waals surface area contributed by atoms with Gasteiger partial charge in [0.05, 0.1) is 16.2 Å². The Morgan fingerprint density at radius 2 is 2.00 bits per heavy atom. The summed E-state index contributed by atoms with van der Waals surface area (Å²) in [6, 6.07) is 12.4. The number of rotatable bonds is 5. The van der Waals surface area contributed by atoms with Gasteiger partial charge in [-0.2, -0.15) is 5.26 Å². The molecule has 118 valence electrons. The van der Waals surface area contributed by atoms with Gasteiger partial charge < -0.3 is 10.2 Å². The first kappa shape index (κ1) is 16.3. The van der Waals surface area contributed by atoms with E-state index in [0.717, 1.165) is 16.8 Å². The van der Waals surface area contributed by atoms with Crippen LogP contribution in [-0.4, -0.2) is 19.0 Å². The number of nitrogens with one attached hydrogen (secondary N) is 1. The summed E-state index contributed by atoms with van der Waals surface area (Å²) in [5, 5.41) is 23.1. The van der Waals surface area contributed by atoms with Crippen LogP contribution in [0, 0.1) is 28.4 Å². The fraction of sp³-hybridized carbons (Fsp3) is 0.235. The second kappa shape index (κ2) is 6.79. The molecule has 0 bridgehead atoms. The van der Waals surface area contributed by atoms with Gasteiger partial charge in [-0.05, 0) is 36.2 Å². The van der Waals surface area contributed by atoms with Crippen molar-refractivity contribution in [2.45, 2.75) is 13.5 Å². The lowest BCUT2D eigenvalue weighted by atomic mass is 10.1. The molecule has 0 aromatic heterocycles. The molecule has 0 aliphatic carbocycles. The fourth-order valence-corrected chi connectivity index (χ4v) is 2.24. The molecule has 0 spiro atoms. The second-order valence-corrected chi connectivity index (χ2v) is 5.46. The van der Waals surface area contributed by atoms with Crippen molar-refractivity contribution in [3.8, 4) is 6.07 Å². The molecule has 0 heterocycles. The normalized spacial score (nSPS) is 10.0. The third kappa shape index (κ3) is 3.77. The molecule has 0 fully saturated rings. The average Bonchev–Trinajstić information content (AvgIpc) is 2.53. The Morgan fingerprint density at radius 3 is 2.57 bits per heavy atom. The van der Waals surface area contributed by atoms with Gasteiger partial charge in [0.1, 0.15) is 6.07 Å². The van der Waals surface area contributed by atoms with E-state index in [-0.39, 0.29) is 11.3 Å². The molecule has 0 aliphatic heterocycles. The molecule has 2 aromatic rings. The Morgan fingerprint density at radius 1 is 1.26 bits per heavy atom. The van der Waals surface area contributed by atoms with Crippen LogP contribution in [0.1, 0.15) is 16.7 Å². The summed E-state index contributed by atoms with van der Waals surface area (Å²) in [7, 11) is 3.98. The van der Waals surface area contributed by atoms with E-state index >= 15 is 0 Å². The first-order valence-corrected chi connectivity index (χ1v) is 7.11. The van der Waals surface area contributed by atoms with Crippen molar-refractivity contribution in [3.05, 3.63) is 63.2 Å². The number of aryl methyl sites for hydroxylation is 1. The molecule has 6 nitrogen and oxygen atoms in total. The number of nitrogens with zero attached hydrogens (tertiary/aromatic N) is 3. The van der Waals surface area contributed by atoms with Gasteiger partial charge in [-0.3, -0.25) is 10.1 Å². The van der Waals surface area contributed by atoms with Gasteiger partial charge in [-0.1, -0.05) is 6.07 Å². The summed E-state index contributed by atoms with van der Waals surface area (Å²) in [6.45, 7) is 2.58. The summed E-state index contributed by atoms with van der Waals surface area (Å²) < 4.78 is 0. The molecule has 0 saturated carbocycles. The Bertz CT molecular complexity index is 779. The Hall–Kier alpha value is -3.07. The van der Waals surface area contributed by atoms with Crippen LogP contribution in [0.4, 0.5) is 17.1 Å². The van der Waals surface area contributed by atoms with Crippen molar-refractivity contribution in [1.82, 2.24) is 0 Å². The predicted octanol–water partition coefficient (Wildman–Crippen LogP) is 3.45. The standard InChI is InChI=1S/C17H18N4O2/c1-12-8-15(20(2)3)5-4-13(12)11-19-17-7-6-16(21(22)23)9-14(17)10-18/h4-9,19H,11H2,1-3H3. The molecular weight excluding hydrogens is 292 g/mol. The molecule has 1 N–H and O–H groups in total. The van der Waals surface area contributed by atoms with Crippen molar-refractivity contribution in [2.24, 2.45) is 0 Å². The minimum Gasteiger partial charge on any atom is -0.380 e. The predicted molar refractivity (Wildman–Crippen MR) is 90.6 cm³/mol. The summed E-state index contributed by atoms with van der Waals surface area (Å²) >= 11 is 0. The van der Waals surface area contributed by atoms with Crippen LogP contribution in [0.25, 0.3) is 0 Å². The Balaban J connectivity index is 2.18. The number of anilines is 2. The number of benzene rings is 2. The van der Waals surface area contributed by atoms with Crippen LogP contribution in [-0.2, 0) is 6.54 Å². The highest BCUT2D eigenvalue weighted by molar-refractivity contribution is 5.61. The van der Waals surface area contributed by atoms with E-state index in [1.165, 1.54) is 12.1 Å². The summed E-state index contributed by atoms with van der Waals surface area (Å²) in [4.78, 5) is 12.3. The van der Waals surface area contributed by atoms with Crippen molar-refractivity contribution >= 4 is 17.1 Å². The van der Waals surface area contributed by atoms with E-state index in [9.17, 15) is 10.1 Å². The first-order valence-electron chi connectivity index (χ1n) is 7.11. The monoisotopic (exact) mass is 310 g/mol. The number of nitriles is 1. The Kier molecular flexibility index (Phi) is 4.82. The highest BCUT2D eigenvalue weighted by Crippen LogP contribution is 2.23. The molecule has 0 aliphatic rings. The van der Waals surface area contributed by atoms with E-state index in [4.69, 9.17) is 5.26 Å². The second-order valence-electron chi connectivity index (χ2n) is 5.46. The maximum Gasteiger partial charge on any atom is 0.270 e. The topological polar surface area (TPSA) is 82.2 Å². The van der Waals surface area contributed by atoms with Crippen LogP contribution >= 0.6 is 0 Å². The van der Waals surface area contributed by atoms with Gasteiger partial charge in [0, 0.05) is 38.5 Å². The van der Waals surface area contributed by atoms with E-state index < -0.39 is 4.92 Å². The van der Waals surface area contributed by atoms with Gasteiger partial charge in [0.2, 0.25) is 0 Å². The van der Waals surface area contributed by atoms with Crippen molar-refractivity contribution in [1.29, 1.82) is 5.26 Å². The minimum atomic E-state index is -0.505. The number of hydrogen-bond acceptors (Lipinski definition) is 5. The number of nitro groups is 1. The largest absolute Gasteiger partial charge is 0.380 e. The summed E-state index contributed by atoms with van der Waals surface area (Å²) in [5.74, 6) is 0. The lowest BCUT2D eigenvalue weighted by Crippen LogP contribution is -2.10. The highest BCUT2D eigenvalue weighted by atomic mass is 16.6. The van der Waals surface area contributed by atoms with Crippen molar-refractivity contribution in [3.63, 3.8) is 0 Å². The smallest absolute Gasteiger partial charge is 0.270 e. The molecule has 0 atom stereocenters. The maximum atomic E-state index is 10.8. The zero-order valence-electron chi connectivity index (χ0n) is 13.3.